The average molecular weight is 1290 g/mol. The Bertz CT molecular complexity index is 4300. The summed E-state index contributed by atoms with van der Waals surface area (Å²) in [5.74, 6) is -3.67. The largest absolute Gasteiger partial charge is 0.495 e. The normalized spacial score (nSPS) is 12.9. The molecule has 0 spiro atoms. The number of primary amides is 2. The number of hydrogen-bond acceptors (Lipinski definition) is 19. The van der Waals surface area contributed by atoms with Crippen molar-refractivity contribution in [2.24, 2.45) is 17.4 Å². The van der Waals surface area contributed by atoms with Crippen molar-refractivity contribution in [1.29, 1.82) is 0 Å². The molecule has 0 saturated heterocycles. The van der Waals surface area contributed by atoms with Gasteiger partial charge >= 0.3 is 6.09 Å². The molecular formula is C64H71N15O13S. The molecule has 5 aromatic heterocycles. The summed E-state index contributed by atoms with van der Waals surface area (Å²) in [7, 11) is 3.06. The number of imidazole rings is 1. The van der Waals surface area contributed by atoms with Gasteiger partial charge in [-0.1, -0.05) is 52.0 Å². The van der Waals surface area contributed by atoms with E-state index in [1.165, 1.54) is 42.4 Å². The number of fused-ring (bicyclic) bond motifs is 4. The highest BCUT2D eigenvalue weighted by Gasteiger charge is 2.30. The lowest BCUT2D eigenvalue weighted by Gasteiger charge is -2.24. The summed E-state index contributed by atoms with van der Waals surface area (Å²) in [5, 5.41) is 13.0. The van der Waals surface area contributed by atoms with E-state index in [9.17, 15) is 43.2 Å². The number of aromatic nitrogens is 7. The number of imide groups is 1. The Hall–Kier alpha value is -10.8. The van der Waals surface area contributed by atoms with Crippen LogP contribution in [0.25, 0.3) is 43.7 Å². The number of allylic oxidation sites excluding steroid dienone is 2. The minimum absolute atomic E-state index is 0.00565. The Morgan fingerprint density at radius 2 is 1.46 bits per heavy atom. The zero-order valence-electron chi connectivity index (χ0n) is 52.7. The topological polar surface area (TPSA) is 375 Å². The van der Waals surface area contributed by atoms with Gasteiger partial charge in [-0.05, 0) is 81.0 Å². The molecule has 8 N–H and O–H groups in total. The van der Waals surface area contributed by atoms with Crippen molar-refractivity contribution < 1.29 is 61.8 Å². The fourth-order valence-corrected chi connectivity index (χ4v) is 11.3. The predicted molar refractivity (Wildman–Crippen MR) is 344 cm³/mol. The molecule has 28 nitrogen and oxygen atoms in total. The molecule has 8 aromatic rings. The number of nitrogens with zero attached hydrogens (tertiary/aromatic N) is 9. The summed E-state index contributed by atoms with van der Waals surface area (Å²) < 4.78 is 27.3. The number of thiazole rings is 1. The number of carbonyl (C=O) groups is 9. The van der Waals surface area contributed by atoms with Crippen LogP contribution in [0.4, 0.5) is 16.4 Å². The summed E-state index contributed by atoms with van der Waals surface area (Å²) in [6, 6.07) is 10.8. The van der Waals surface area contributed by atoms with Crippen molar-refractivity contribution in [1.82, 2.24) is 54.5 Å². The smallest absolute Gasteiger partial charge is 0.409 e. The van der Waals surface area contributed by atoms with Gasteiger partial charge in [-0.15, -0.1) is 11.3 Å². The van der Waals surface area contributed by atoms with Crippen LogP contribution in [0.1, 0.15) is 107 Å². The molecule has 9 rings (SSSR count). The molecule has 9 amide bonds. The Morgan fingerprint density at radius 1 is 0.785 bits per heavy atom. The Kier molecular flexibility index (Phi) is 20.7. The molecule has 0 saturated carbocycles. The minimum Gasteiger partial charge on any atom is -0.495 e. The molecule has 486 valence electrons. The maximum absolute atomic E-state index is 14.0. The van der Waals surface area contributed by atoms with Crippen molar-refractivity contribution in [2.75, 3.05) is 44.5 Å². The monoisotopic (exact) mass is 1290 g/mol. The number of carbonyl (C=O) groups excluding carboxylic acids is 9. The highest BCUT2D eigenvalue weighted by molar-refractivity contribution is 7.15. The van der Waals surface area contributed by atoms with Crippen LogP contribution < -0.4 is 42.2 Å². The molecule has 29 heteroatoms. The van der Waals surface area contributed by atoms with Gasteiger partial charge in [0.1, 0.15) is 41.4 Å². The molecule has 0 unspecified atom stereocenters. The van der Waals surface area contributed by atoms with Crippen molar-refractivity contribution in [3.63, 3.8) is 0 Å². The molecule has 0 aliphatic carbocycles. The van der Waals surface area contributed by atoms with E-state index in [1.54, 1.807) is 75.0 Å². The second-order valence-corrected chi connectivity index (χ2v) is 23.4. The van der Waals surface area contributed by atoms with Gasteiger partial charge in [0.2, 0.25) is 41.2 Å². The average Bonchev–Trinajstić information content (AvgIpc) is 1.61. The summed E-state index contributed by atoms with van der Waals surface area (Å²) in [6.07, 6.45) is 8.22. The van der Waals surface area contributed by atoms with Crippen molar-refractivity contribution in [3.8, 4) is 22.2 Å². The lowest BCUT2D eigenvalue weighted by Crippen LogP contribution is -2.54. The van der Waals surface area contributed by atoms with Crippen LogP contribution in [0.15, 0.2) is 83.4 Å². The van der Waals surface area contributed by atoms with Gasteiger partial charge in [0.25, 0.3) is 17.7 Å². The van der Waals surface area contributed by atoms with Crippen LogP contribution in [0, 0.1) is 19.8 Å². The lowest BCUT2D eigenvalue weighted by molar-refractivity contribution is -0.137. The van der Waals surface area contributed by atoms with Gasteiger partial charge in [0, 0.05) is 92.5 Å². The third-order valence-electron chi connectivity index (χ3n) is 15.2. The molecule has 0 radical (unpaired) electrons. The maximum atomic E-state index is 14.0. The fourth-order valence-electron chi connectivity index (χ4n) is 10.4. The van der Waals surface area contributed by atoms with E-state index in [1.807, 2.05) is 37.5 Å². The van der Waals surface area contributed by atoms with Gasteiger partial charge in [-0.3, -0.25) is 48.6 Å². The molecule has 2 atom stereocenters. The van der Waals surface area contributed by atoms with Gasteiger partial charge in [-0.2, -0.15) is 0 Å². The molecule has 0 fully saturated rings. The fraction of sp³-hybridized carbons (Fsp3) is 0.344. The second-order valence-electron chi connectivity index (χ2n) is 22.2. The molecule has 0 bridgehead atoms. The SMILES string of the molecule is CCc1nc(C)oc1C(=O)Nc1nc2cc(C(N)=O)cc(OCCCN(C)C(=O)OCc3ccc(NC(=O)[C@H](C)NC(=O)[C@@H](NC(=O)CCN4C(=O)C=CC4=O)C(C)C)cc3)c2n1C/C=C/Cn1c2nc(-c3sc(C)nc3CC)ncc2c2cc(C(N)=O)cc(OC)c21. The quantitative estimate of drug-likeness (QED) is 0.0174. The summed E-state index contributed by atoms with van der Waals surface area (Å²) >= 11 is 1.49. The van der Waals surface area contributed by atoms with Gasteiger partial charge in [-0.25, -0.2) is 29.7 Å². The molecular weight excluding hydrogens is 1220 g/mol. The van der Waals surface area contributed by atoms with Crippen molar-refractivity contribution in [3.05, 3.63) is 124 Å². The third kappa shape index (κ3) is 15.2. The third-order valence-corrected chi connectivity index (χ3v) is 16.2. The number of amides is 9. The highest BCUT2D eigenvalue weighted by atomic mass is 32.1. The number of nitrogens with two attached hydrogens (primary N) is 2. The number of oxazole rings is 1. The summed E-state index contributed by atoms with van der Waals surface area (Å²) in [5.41, 5.74) is 16.1. The number of nitrogens with one attached hydrogen (secondary N) is 4. The first-order chi connectivity index (χ1) is 44.5. The van der Waals surface area contributed by atoms with Gasteiger partial charge in [0.05, 0.1) is 46.0 Å². The summed E-state index contributed by atoms with van der Waals surface area (Å²) in [6.45, 7) is 12.6. The highest BCUT2D eigenvalue weighted by Crippen LogP contribution is 2.38. The molecule has 3 aromatic carbocycles. The van der Waals surface area contributed by atoms with Gasteiger partial charge < -0.3 is 60.1 Å². The first-order valence-corrected chi connectivity index (χ1v) is 30.7. The Labute approximate surface area is 537 Å². The number of ether oxygens (including phenoxy) is 3. The number of anilines is 2. The lowest BCUT2D eigenvalue weighted by atomic mass is 10.0. The van der Waals surface area contributed by atoms with Crippen LogP contribution >= 0.6 is 11.3 Å². The van der Waals surface area contributed by atoms with E-state index < -0.39 is 65.4 Å². The summed E-state index contributed by atoms with van der Waals surface area (Å²) in [4.78, 5) is 142. The van der Waals surface area contributed by atoms with E-state index in [2.05, 4.69) is 26.3 Å². The maximum Gasteiger partial charge on any atom is 0.409 e. The molecule has 93 heavy (non-hydrogen) atoms. The molecule has 1 aliphatic rings. The van der Waals surface area contributed by atoms with E-state index in [0.29, 0.717) is 74.7 Å². The zero-order valence-corrected chi connectivity index (χ0v) is 53.5. The van der Waals surface area contributed by atoms with Crippen LogP contribution in [-0.4, -0.2) is 143 Å². The second kappa shape index (κ2) is 29.0. The Morgan fingerprint density at radius 3 is 2.13 bits per heavy atom. The van der Waals surface area contributed by atoms with Crippen molar-refractivity contribution in [2.45, 2.75) is 106 Å². The number of rotatable bonds is 28. The number of benzene rings is 3. The molecule has 1 aliphatic heterocycles. The van der Waals surface area contributed by atoms with Crippen LogP contribution in [0.3, 0.4) is 0 Å². The van der Waals surface area contributed by atoms with E-state index >= 15 is 0 Å². The standard InChI is InChI=1S/C64H71N15O13S/c1-10-43-54(92-35(6)69-43)62(87)75-63-72-45-28-39(57(66)84)30-47(53(45)79(63)24-13-12-23-78-52-41(27-38(56(65)83)29-46(52)89-9)42-31-67-58(74-59(42)78)55-44(11-2)70-36(7)93-55)90-26-14-22-76(8)64(88)91-32-37-15-17-40(18-16-37)71-60(85)34(5)68-61(86)51(33(3)4)73-48(80)21-25-77-49(81)19-20-50(77)82/h12-13,15-20,27-31,33-34,51H,10-11,14,21-26,32H2,1-9H3,(H2,65,83)(H2,66,84)(H,68,86)(H,71,85)(H,73,80)(H,72,75,87)/b13-12+/t34-,51-/m0/s1. The first-order valence-electron chi connectivity index (χ1n) is 29.9. The van der Waals surface area contributed by atoms with Crippen LogP contribution in [-0.2, 0) is 61.2 Å². The van der Waals surface area contributed by atoms with E-state index in [4.69, 9.17) is 50.0 Å². The minimum atomic E-state index is -1.01. The number of aryl methyl sites for hydroxylation is 4. The van der Waals surface area contributed by atoms with Gasteiger partial charge in [0.15, 0.2) is 11.7 Å². The van der Waals surface area contributed by atoms with E-state index in [-0.39, 0.29) is 92.3 Å². The van der Waals surface area contributed by atoms with Crippen LogP contribution in [0.2, 0.25) is 0 Å². The van der Waals surface area contributed by atoms with Crippen molar-refractivity contribution >= 4 is 109 Å². The molecule has 6 heterocycles. The van der Waals surface area contributed by atoms with Crippen LogP contribution in [0.5, 0.6) is 11.5 Å². The first kappa shape index (κ1) is 66.6. The predicted octanol–water partition coefficient (Wildman–Crippen LogP) is 6.44. The van der Waals surface area contributed by atoms with E-state index in [0.717, 1.165) is 32.6 Å². The zero-order chi connectivity index (χ0) is 66.9. The Balaban J connectivity index is 0.865. The number of hydrogen-bond donors (Lipinski definition) is 6. The number of methoxy groups -OCH3 is 1.